The van der Waals surface area contributed by atoms with Gasteiger partial charge in [-0.05, 0) is 123 Å². The zero-order valence-electron chi connectivity index (χ0n) is 23.0. The van der Waals surface area contributed by atoms with E-state index in [4.69, 9.17) is 9.97 Å². The SMILES string of the molecule is CCCC1=C(C)c2cc3[nH]c(cc4nc(cc5[nH]c(cc1n2)c(CCC)c5C)C(C)=C4C)c(C)c3C. The first-order valence-corrected chi connectivity index (χ1v) is 13.3. The Bertz CT molecular complexity index is 1600. The highest BCUT2D eigenvalue weighted by Crippen LogP contribution is 2.35. The van der Waals surface area contributed by atoms with E-state index in [1.165, 1.54) is 50.1 Å². The van der Waals surface area contributed by atoms with Gasteiger partial charge >= 0.3 is 0 Å². The fourth-order valence-electron chi connectivity index (χ4n) is 5.51. The number of aryl methyl sites for hydroxylation is 4. The van der Waals surface area contributed by atoms with Crippen molar-refractivity contribution in [2.24, 2.45) is 0 Å². The van der Waals surface area contributed by atoms with Crippen LogP contribution in [0.4, 0.5) is 0 Å². The molecule has 2 N–H and O–H groups in total. The Hall–Kier alpha value is -3.40. The van der Waals surface area contributed by atoms with E-state index in [9.17, 15) is 0 Å². The molecule has 0 aromatic carbocycles. The van der Waals surface area contributed by atoms with Crippen LogP contribution in [-0.4, -0.2) is 19.9 Å². The van der Waals surface area contributed by atoms with Gasteiger partial charge in [0.1, 0.15) is 0 Å². The van der Waals surface area contributed by atoms with Crippen LogP contribution in [0.15, 0.2) is 24.3 Å². The lowest BCUT2D eigenvalue weighted by atomic mass is 10.0. The van der Waals surface area contributed by atoms with Crippen molar-refractivity contribution in [3.8, 4) is 0 Å². The number of aromatic amines is 2. The van der Waals surface area contributed by atoms with E-state index >= 15 is 0 Å². The molecular weight excluding hydrogens is 440 g/mol. The minimum atomic E-state index is 1.03. The summed E-state index contributed by atoms with van der Waals surface area (Å²) in [5, 5.41) is 0. The molecule has 0 aliphatic carbocycles. The van der Waals surface area contributed by atoms with Crippen molar-refractivity contribution in [1.29, 1.82) is 0 Å². The maximum atomic E-state index is 5.18. The van der Waals surface area contributed by atoms with Crippen molar-refractivity contribution in [2.75, 3.05) is 0 Å². The molecule has 3 aromatic heterocycles. The predicted molar refractivity (Wildman–Crippen MR) is 155 cm³/mol. The lowest BCUT2D eigenvalue weighted by Crippen LogP contribution is -1.86. The maximum absolute atomic E-state index is 5.18. The molecule has 4 nitrogen and oxygen atoms in total. The van der Waals surface area contributed by atoms with Gasteiger partial charge in [-0.15, -0.1) is 0 Å². The number of nitrogens with one attached hydrogen (secondary N) is 2. The summed E-state index contributed by atoms with van der Waals surface area (Å²) in [6.07, 6.45) is 4.27. The van der Waals surface area contributed by atoms with E-state index in [2.05, 4.69) is 89.6 Å². The maximum Gasteiger partial charge on any atom is 0.0693 e. The summed E-state index contributed by atoms with van der Waals surface area (Å²) in [7, 11) is 0. The molecular formula is C32H38N4. The third-order valence-corrected chi connectivity index (χ3v) is 8.17. The topological polar surface area (TPSA) is 57.4 Å². The first-order chi connectivity index (χ1) is 17.2. The van der Waals surface area contributed by atoms with E-state index in [1.54, 1.807) is 0 Å². The van der Waals surface area contributed by atoms with Crippen LogP contribution in [0.25, 0.3) is 44.4 Å². The first-order valence-electron chi connectivity index (χ1n) is 13.3. The summed E-state index contributed by atoms with van der Waals surface area (Å²) in [4.78, 5) is 17.7. The molecule has 186 valence electrons. The van der Waals surface area contributed by atoms with Gasteiger partial charge in [0, 0.05) is 22.1 Å². The van der Waals surface area contributed by atoms with Gasteiger partial charge in [0.05, 0.1) is 22.8 Å². The van der Waals surface area contributed by atoms with Crippen LogP contribution in [0.2, 0.25) is 0 Å². The molecule has 0 atom stereocenters. The number of nitrogens with zero attached hydrogens (tertiary/aromatic N) is 2. The second-order valence-electron chi connectivity index (χ2n) is 10.5. The second-order valence-corrected chi connectivity index (χ2v) is 10.5. The van der Waals surface area contributed by atoms with Crippen molar-refractivity contribution in [3.05, 3.63) is 69.3 Å². The molecule has 2 aliphatic rings. The molecule has 5 rings (SSSR count). The highest BCUT2D eigenvalue weighted by molar-refractivity contribution is 5.94. The van der Waals surface area contributed by atoms with Crippen molar-refractivity contribution < 1.29 is 0 Å². The fourth-order valence-corrected chi connectivity index (χ4v) is 5.51. The van der Waals surface area contributed by atoms with Crippen molar-refractivity contribution in [3.63, 3.8) is 0 Å². The molecule has 3 aromatic rings. The number of fused-ring (bicyclic) bond motifs is 8. The van der Waals surface area contributed by atoms with E-state index in [0.717, 1.165) is 65.0 Å². The Balaban J connectivity index is 1.97. The molecule has 4 heteroatoms. The van der Waals surface area contributed by atoms with Gasteiger partial charge in [-0.1, -0.05) is 26.7 Å². The van der Waals surface area contributed by atoms with Gasteiger partial charge in [0.15, 0.2) is 0 Å². The number of H-pyrrole nitrogens is 2. The highest BCUT2D eigenvalue weighted by Gasteiger charge is 2.19. The summed E-state index contributed by atoms with van der Waals surface area (Å²) in [5.74, 6) is 0. The molecule has 8 bridgehead atoms. The number of aromatic nitrogens is 4. The minimum absolute atomic E-state index is 1.03. The zero-order valence-corrected chi connectivity index (χ0v) is 23.0. The first kappa shape index (κ1) is 24.3. The molecule has 0 saturated carbocycles. The zero-order chi connectivity index (χ0) is 25.7. The number of rotatable bonds is 4. The minimum Gasteiger partial charge on any atom is -0.355 e. The van der Waals surface area contributed by atoms with Crippen LogP contribution in [0, 0.1) is 20.8 Å². The number of allylic oxidation sites excluding steroid dienone is 4. The van der Waals surface area contributed by atoms with Crippen LogP contribution in [0.5, 0.6) is 0 Å². The van der Waals surface area contributed by atoms with Crippen LogP contribution < -0.4 is 0 Å². The lowest BCUT2D eigenvalue weighted by molar-refractivity contribution is 0.924. The molecule has 36 heavy (non-hydrogen) atoms. The Labute approximate surface area is 214 Å². The molecule has 0 spiro atoms. The van der Waals surface area contributed by atoms with Gasteiger partial charge in [0.2, 0.25) is 0 Å². The normalized spacial score (nSPS) is 13.8. The monoisotopic (exact) mass is 478 g/mol. The van der Waals surface area contributed by atoms with Crippen molar-refractivity contribution in [2.45, 2.75) is 81.1 Å². The second kappa shape index (κ2) is 9.24. The van der Waals surface area contributed by atoms with Crippen molar-refractivity contribution in [1.82, 2.24) is 19.9 Å². The smallest absolute Gasteiger partial charge is 0.0693 e. The van der Waals surface area contributed by atoms with Gasteiger partial charge < -0.3 is 9.97 Å². The molecule has 0 saturated heterocycles. The van der Waals surface area contributed by atoms with Gasteiger partial charge in [-0.25, -0.2) is 9.97 Å². The Kier molecular flexibility index (Phi) is 6.23. The predicted octanol–water partition coefficient (Wildman–Crippen LogP) is 8.87. The average molecular weight is 479 g/mol. The third kappa shape index (κ3) is 3.93. The van der Waals surface area contributed by atoms with Crippen LogP contribution in [0.3, 0.4) is 0 Å². The molecule has 5 heterocycles. The average Bonchev–Trinajstić information content (AvgIpc) is 3.48. The number of hydrogen-bond donors (Lipinski definition) is 2. The largest absolute Gasteiger partial charge is 0.355 e. The van der Waals surface area contributed by atoms with E-state index in [-0.39, 0.29) is 0 Å². The van der Waals surface area contributed by atoms with Crippen molar-refractivity contribution >= 4 is 44.4 Å². The Morgan fingerprint density at radius 1 is 0.528 bits per heavy atom. The van der Waals surface area contributed by atoms with Gasteiger partial charge in [0.25, 0.3) is 0 Å². The van der Waals surface area contributed by atoms with Crippen LogP contribution in [-0.2, 0) is 6.42 Å². The van der Waals surface area contributed by atoms with Crippen LogP contribution >= 0.6 is 0 Å². The summed E-state index contributed by atoms with van der Waals surface area (Å²) < 4.78 is 0. The van der Waals surface area contributed by atoms with Crippen LogP contribution in [0.1, 0.15) is 98.9 Å². The third-order valence-electron chi connectivity index (χ3n) is 8.17. The Morgan fingerprint density at radius 2 is 0.972 bits per heavy atom. The summed E-state index contributed by atoms with van der Waals surface area (Å²) in [5.41, 5.74) is 19.1. The standard InChI is InChI=1S/C32H38N4/c1-9-11-23-21(7)29-14-27-19(5)17(3)25(33-27)13-26-18(4)20(6)28(34-26)15-30-22(8)24(12-10-2)32(36-30)16-31(23)35-29/h13-16,33,36H,9-12H2,1-8H3. The number of hydrogen-bond acceptors (Lipinski definition) is 2. The fraction of sp³-hybridized carbons (Fsp3) is 0.375. The lowest BCUT2D eigenvalue weighted by Gasteiger charge is -2.02. The molecule has 2 aliphatic heterocycles. The van der Waals surface area contributed by atoms with E-state index in [1.807, 2.05) is 0 Å². The molecule has 0 radical (unpaired) electrons. The molecule has 0 amide bonds. The molecule has 0 fully saturated rings. The van der Waals surface area contributed by atoms with Gasteiger partial charge in [-0.2, -0.15) is 0 Å². The summed E-state index contributed by atoms with van der Waals surface area (Å²) in [6, 6.07) is 8.94. The van der Waals surface area contributed by atoms with Gasteiger partial charge in [-0.3, -0.25) is 0 Å². The van der Waals surface area contributed by atoms with E-state index in [0.29, 0.717) is 0 Å². The quantitative estimate of drug-likeness (QED) is 0.393. The highest BCUT2D eigenvalue weighted by atomic mass is 14.8. The van der Waals surface area contributed by atoms with E-state index < -0.39 is 0 Å². The summed E-state index contributed by atoms with van der Waals surface area (Å²) >= 11 is 0. The summed E-state index contributed by atoms with van der Waals surface area (Å²) in [6.45, 7) is 17.7. The molecule has 0 unspecified atom stereocenters. The Morgan fingerprint density at radius 3 is 1.53 bits per heavy atom.